The van der Waals surface area contributed by atoms with Gasteiger partial charge in [-0.3, -0.25) is 14.6 Å². The van der Waals surface area contributed by atoms with Crippen molar-refractivity contribution in [3.63, 3.8) is 0 Å². The quantitative estimate of drug-likeness (QED) is 0.431. The minimum absolute atomic E-state index is 0.0979. The molecule has 1 aliphatic carbocycles. The number of rotatable bonds is 4. The first-order valence-corrected chi connectivity index (χ1v) is 23.9. The van der Waals surface area contributed by atoms with Gasteiger partial charge in [0.1, 0.15) is 18.0 Å². The Hall–Kier alpha value is -2.72. The maximum Gasteiger partial charge on any atom is 0.264 e. The summed E-state index contributed by atoms with van der Waals surface area (Å²) >= 11 is 6.41. The van der Waals surface area contributed by atoms with Crippen molar-refractivity contribution in [3.05, 3.63) is 70.3 Å². The third-order valence-corrected chi connectivity index (χ3v) is 16.6. The first-order chi connectivity index (χ1) is 26.7. The van der Waals surface area contributed by atoms with Crippen molar-refractivity contribution in [1.29, 1.82) is 0 Å². The molecular weight excluding hydrogens is 774 g/mol. The normalized spacial score (nSPS) is 31.6. The Bertz CT molecular complexity index is 2020. The summed E-state index contributed by atoms with van der Waals surface area (Å²) in [5.41, 5.74) is 2.61. The number of methoxy groups -OCH3 is 1. The summed E-state index contributed by atoms with van der Waals surface area (Å²) in [7, 11) is -5.50. The molecule has 0 radical (unpaired) electrons. The van der Waals surface area contributed by atoms with Gasteiger partial charge in [0.25, 0.3) is 5.91 Å². The number of amides is 1. The van der Waals surface area contributed by atoms with E-state index in [0.717, 1.165) is 88.2 Å². The summed E-state index contributed by atoms with van der Waals surface area (Å²) in [5.74, 6) is 0.148. The molecule has 0 aromatic heterocycles. The van der Waals surface area contributed by atoms with E-state index in [2.05, 4.69) is 31.6 Å². The number of carbonyl (C=O) groups excluding carboxylic acids is 1. The van der Waals surface area contributed by atoms with Crippen LogP contribution in [0, 0.1) is 17.8 Å². The summed E-state index contributed by atoms with van der Waals surface area (Å²) in [6.07, 6.45) is 10.8. The number of benzene rings is 2. The van der Waals surface area contributed by atoms with Crippen LogP contribution in [-0.4, -0.2) is 126 Å². The van der Waals surface area contributed by atoms with Crippen LogP contribution in [0.2, 0.25) is 5.02 Å². The number of hydrogen-bond acceptors (Lipinski definition) is 10. The highest BCUT2D eigenvalue weighted by atomic mass is 35.5. The molecule has 56 heavy (non-hydrogen) atoms. The van der Waals surface area contributed by atoms with Gasteiger partial charge in [-0.2, -0.15) is 4.31 Å². The molecule has 2 saturated heterocycles. The van der Waals surface area contributed by atoms with E-state index in [4.69, 9.17) is 21.1 Å². The number of nitrogens with one attached hydrogen (secondary N) is 1. The summed E-state index contributed by atoms with van der Waals surface area (Å²) in [6, 6.07) is 11.2. The number of piperazine rings is 2. The summed E-state index contributed by atoms with van der Waals surface area (Å²) in [5, 5.41) is -0.134. The number of ether oxygens (including phenoxy) is 2. The van der Waals surface area contributed by atoms with Crippen LogP contribution in [-0.2, 0) is 37.8 Å². The summed E-state index contributed by atoms with van der Waals surface area (Å²) in [6.45, 7) is 10.2. The van der Waals surface area contributed by atoms with Crippen molar-refractivity contribution >= 4 is 43.2 Å². The van der Waals surface area contributed by atoms with Crippen molar-refractivity contribution in [2.24, 2.45) is 17.8 Å². The molecule has 6 atom stereocenters. The van der Waals surface area contributed by atoms with E-state index in [1.54, 1.807) is 36.5 Å². The molecule has 0 unspecified atom stereocenters. The zero-order valence-corrected chi connectivity index (χ0v) is 35.5. The Balaban J connectivity index is 1.23. The van der Waals surface area contributed by atoms with Crippen molar-refractivity contribution in [2.75, 3.05) is 77.2 Å². The van der Waals surface area contributed by atoms with Crippen LogP contribution in [0.1, 0.15) is 67.4 Å². The van der Waals surface area contributed by atoms with Crippen molar-refractivity contribution in [3.8, 4) is 5.75 Å². The molecule has 7 rings (SSSR count). The number of anilines is 1. The average molecular weight is 833 g/mol. The third kappa shape index (κ3) is 8.96. The minimum atomic E-state index is -4.01. The molecule has 1 N–H and O–H groups in total. The number of carbonyl (C=O) groups is 1. The lowest BCUT2D eigenvalue weighted by molar-refractivity contribution is -0.101. The third-order valence-electron chi connectivity index (χ3n) is 13.2. The van der Waals surface area contributed by atoms with Crippen LogP contribution in [0.4, 0.5) is 5.69 Å². The molecule has 2 aromatic carbocycles. The molecule has 2 aromatic rings. The number of aryl methyl sites for hydroxylation is 1. The SMILES string of the molecule is CO[C@]1(CN2CCN3CCN(S(C)(=O)=O)C[C@@H]3C2)/C=C/C[C@H](C)[C@@H](C)S(=O)(=O)NC(=O)c2ccc3c(c2)N(CCCCc2cc(Cl)ccc2CO3)C[C@@H]2CC[C@H]21. The van der Waals surface area contributed by atoms with Gasteiger partial charge < -0.3 is 14.4 Å². The predicted molar refractivity (Wildman–Crippen MR) is 220 cm³/mol. The molecule has 1 saturated carbocycles. The Labute approximate surface area is 338 Å². The molecule has 0 spiro atoms. The van der Waals surface area contributed by atoms with Crippen LogP contribution in [0.15, 0.2) is 48.6 Å². The van der Waals surface area contributed by atoms with Crippen molar-refractivity contribution in [2.45, 2.75) is 75.9 Å². The Morgan fingerprint density at radius 2 is 1.79 bits per heavy atom. The topological polar surface area (TPSA) is 129 Å². The standard InChI is InChI=1S/C41H58ClN5O7S2/c1-29-8-7-16-41(53-3,28-44-18-19-45-20-21-47(55(4,49)50)26-36(45)25-44)37-14-11-33(37)24-46-17-6-5-9-31-22-35(42)13-10-34(31)27-54-39-15-12-32(23-38(39)46)40(48)43-56(51,52)30(29)2/h7,10,12-13,15-16,22-23,29-30,33,36-37H,5-6,8-9,11,14,17-21,24-28H2,1-4H3,(H,43,48)/b16-7+/t29-,30+,33-,36-,37+,41-/m0/s1. The van der Waals surface area contributed by atoms with Crippen molar-refractivity contribution < 1.29 is 31.1 Å². The predicted octanol–water partition coefficient (Wildman–Crippen LogP) is 4.78. The fourth-order valence-corrected chi connectivity index (χ4v) is 11.8. The zero-order valence-electron chi connectivity index (χ0n) is 33.2. The smallest absolute Gasteiger partial charge is 0.264 e. The van der Waals surface area contributed by atoms with Crippen LogP contribution < -0.4 is 14.4 Å². The van der Waals surface area contributed by atoms with Gasteiger partial charge in [-0.05, 0) is 105 Å². The van der Waals surface area contributed by atoms with Crippen LogP contribution >= 0.6 is 11.6 Å². The molecule has 1 amide bonds. The van der Waals surface area contributed by atoms with Gasteiger partial charge in [-0.25, -0.2) is 21.6 Å². The maximum absolute atomic E-state index is 13.7. The largest absolute Gasteiger partial charge is 0.487 e. The maximum atomic E-state index is 13.7. The Kier molecular flexibility index (Phi) is 12.5. The van der Waals surface area contributed by atoms with E-state index in [0.29, 0.717) is 43.4 Å². The van der Waals surface area contributed by atoms with Gasteiger partial charge in [-0.15, -0.1) is 0 Å². The molecule has 2 bridgehead atoms. The van der Waals surface area contributed by atoms with E-state index in [1.807, 2.05) is 25.1 Å². The van der Waals surface area contributed by atoms with Crippen LogP contribution in [0.5, 0.6) is 5.75 Å². The number of fused-ring (bicyclic) bond motifs is 4. The Morgan fingerprint density at radius 3 is 2.54 bits per heavy atom. The molecule has 15 heteroatoms. The monoisotopic (exact) mass is 831 g/mol. The lowest BCUT2D eigenvalue weighted by atomic mass is 9.63. The van der Waals surface area contributed by atoms with Gasteiger partial charge >= 0.3 is 0 Å². The van der Waals surface area contributed by atoms with Gasteiger partial charge in [0.2, 0.25) is 20.0 Å². The highest BCUT2D eigenvalue weighted by Crippen LogP contribution is 2.47. The van der Waals surface area contributed by atoms with E-state index < -0.39 is 36.8 Å². The van der Waals surface area contributed by atoms with E-state index in [1.165, 1.54) is 6.26 Å². The lowest BCUT2D eigenvalue weighted by Gasteiger charge is -2.53. The highest BCUT2D eigenvalue weighted by molar-refractivity contribution is 7.90. The zero-order chi connectivity index (χ0) is 39.8. The second-order valence-electron chi connectivity index (χ2n) is 16.7. The number of nitrogens with zero attached hydrogens (tertiary/aromatic N) is 4. The number of halogens is 1. The van der Waals surface area contributed by atoms with Gasteiger partial charge in [0.05, 0.1) is 17.2 Å². The summed E-state index contributed by atoms with van der Waals surface area (Å²) in [4.78, 5) is 20.8. The second-order valence-corrected chi connectivity index (χ2v) is 21.2. The van der Waals surface area contributed by atoms with Gasteiger partial charge in [-0.1, -0.05) is 36.7 Å². The number of allylic oxidation sites excluding steroid dienone is 1. The molecular formula is C41H58ClN5O7S2. The van der Waals surface area contributed by atoms with E-state index in [-0.39, 0.29) is 29.4 Å². The van der Waals surface area contributed by atoms with Crippen LogP contribution in [0.3, 0.4) is 0 Å². The molecule has 12 nitrogen and oxygen atoms in total. The Morgan fingerprint density at radius 1 is 0.982 bits per heavy atom. The van der Waals surface area contributed by atoms with E-state index >= 15 is 0 Å². The first-order valence-electron chi connectivity index (χ1n) is 20.1. The molecule has 308 valence electrons. The highest BCUT2D eigenvalue weighted by Gasteiger charge is 2.49. The molecule has 5 aliphatic rings. The average Bonchev–Trinajstić information content (AvgIpc) is 3.18. The van der Waals surface area contributed by atoms with Crippen molar-refractivity contribution in [1.82, 2.24) is 18.8 Å². The van der Waals surface area contributed by atoms with Gasteiger partial charge in [0, 0.05) is 82.6 Å². The van der Waals surface area contributed by atoms with E-state index in [9.17, 15) is 21.6 Å². The second kappa shape index (κ2) is 16.9. The van der Waals surface area contributed by atoms with Gasteiger partial charge in [0.15, 0.2) is 0 Å². The fraction of sp³-hybridized carbons (Fsp3) is 0.634. The molecule has 3 fully saturated rings. The van der Waals surface area contributed by atoms with Crippen LogP contribution in [0.25, 0.3) is 0 Å². The first kappa shape index (κ1) is 41.4. The summed E-state index contributed by atoms with van der Waals surface area (Å²) < 4.78 is 69.5. The number of sulfonamides is 2. The lowest BCUT2D eigenvalue weighted by Crippen LogP contribution is -2.65. The fourth-order valence-electron chi connectivity index (χ4n) is 9.42. The molecule has 4 aliphatic heterocycles. The minimum Gasteiger partial charge on any atom is -0.487 e. The molecule has 4 heterocycles. The number of hydrogen-bond donors (Lipinski definition) is 1.